The molecule has 0 radical (unpaired) electrons. The van der Waals surface area contributed by atoms with E-state index in [0.29, 0.717) is 16.3 Å². The zero-order valence-electron chi connectivity index (χ0n) is 11.3. The summed E-state index contributed by atoms with van der Waals surface area (Å²) in [7, 11) is 0. The molecule has 1 aliphatic rings. The van der Waals surface area contributed by atoms with Gasteiger partial charge in [0, 0.05) is 22.9 Å². The molecule has 106 valence electrons. The summed E-state index contributed by atoms with van der Waals surface area (Å²) >= 11 is 7.83. The van der Waals surface area contributed by atoms with Gasteiger partial charge in [-0.3, -0.25) is 0 Å². The van der Waals surface area contributed by atoms with E-state index < -0.39 is 0 Å². The number of benzene rings is 1. The van der Waals surface area contributed by atoms with Crippen LogP contribution in [0.15, 0.2) is 18.2 Å². The van der Waals surface area contributed by atoms with E-state index in [-0.39, 0.29) is 5.82 Å². The molecule has 2 rings (SSSR count). The predicted molar refractivity (Wildman–Crippen MR) is 82.4 cm³/mol. The first-order valence-corrected chi connectivity index (χ1v) is 8.45. The third-order valence-corrected chi connectivity index (χ3v) is 5.53. The number of nitrogens with one attached hydrogen (secondary N) is 1. The molecule has 1 aromatic carbocycles. The maximum atomic E-state index is 13.2. The van der Waals surface area contributed by atoms with Gasteiger partial charge in [-0.1, -0.05) is 30.9 Å². The highest BCUT2D eigenvalue weighted by Gasteiger charge is 2.30. The van der Waals surface area contributed by atoms with Gasteiger partial charge in [0.05, 0.1) is 0 Å². The Morgan fingerprint density at radius 3 is 2.63 bits per heavy atom. The van der Waals surface area contributed by atoms with Crippen LogP contribution in [0.4, 0.5) is 4.39 Å². The van der Waals surface area contributed by atoms with Crippen molar-refractivity contribution in [2.24, 2.45) is 0 Å². The second-order valence-corrected chi connectivity index (χ2v) is 7.04. The topological polar surface area (TPSA) is 12.0 Å². The van der Waals surface area contributed by atoms with Gasteiger partial charge in [0.1, 0.15) is 5.82 Å². The minimum absolute atomic E-state index is 0.262. The van der Waals surface area contributed by atoms with E-state index >= 15 is 0 Å². The number of rotatable bonds is 5. The molecule has 0 bridgehead atoms. The first kappa shape index (κ1) is 15.1. The van der Waals surface area contributed by atoms with Gasteiger partial charge in [-0.2, -0.15) is 11.8 Å². The van der Waals surface area contributed by atoms with Gasteiger partial charge in [0.25, 0.3) is 0 Å². The highest BCUT2D eigenvalue weighted by atomic mass is 35.5. The molecule has 0 aliphatic heterocycles. The number of thioether (sulfide) groups is 1. The highest BCUT2D eigenvalue weighted by Crippen LogP contribution is 2.37. The summed E-state index contributed by atoms with van der Waals surface area (Å²) in [6, 6.07) is 4.71. The van der Waals surface area contributed by atoms with E-state index in [1.54, 1.807) is 6.07 Å². The van der Waals surface area contributed by atoms with Crippen LogP contribution in [0.25, 0.3) is 0 Å². The Balaban J connectivity index is 1.88. The molecule has 0 spiro atoms. The van der Waals surface area contributed by atoms with Crippen molar-refractivity contribution in [3.63, 3.8) is 0 Å². The van der Waals surface area contributed by atoms with E-state index in [4.69, 9.17) is 11.6 Å². The van der Waals surface area contributed by atoms with Crippen LogP contribution in [-0.2, 0) is 6.54 Å². The molecule has 0 aromatic heterocycles. The molecule has 1 saturated carbocycles. The average Bonchev–Trinajstić information content (AvgIpc) is 2.39. The fourth-order valence-electron chi connectivity index (χ4n) is 2.80. The molecule has 0 unspecified atom stereocenters. The van der Waals surface area contributed by atoms with Crippen LogP contribution < -0.4 is 5.32 Å². The third-order valence-electron chi connectivity index (χ3n) is 3.90. The van der Waals surface area contributed by atoms with Crippen LogP contribution in [0.2, 0.25) is 5.02 Å². The Morgan fingerprint density at radius 2 is 2.00 bits per heavy atom. The van der Waals surface area contributed by atoms with Gasteiger partial charge in [-0.25, -0.2) is 4.39 Å². The van der Waals surface area contributed by atoms with Gasteiger partial charge < -0.3 is 5.32 Å². The number of halogens is 2. The van der Waals surface area contributed by atoms with Gasteiger partial charge >= 0.3 is 0 Å². The zero-order chi connectivity index (χ0) is 13.7. The van der Waals surface area contributed by atoms with E-state index in [2.05, 4.69) is 11.6 Å². The van der Waals surface area contributed by atoms with Gasteiger partial charge in [0.15, 0.2) is 0 Å². The first-order valence-electron chi connectivity index (χ1n) is 6.84. The predicted octanol–water partition coefficient (Wildman–Crippen LogP) is 4.63. The van der Waals surface area contributed by atoms with E-state index in [9.17, 15) is 4.39 Å². The Bertz CT molecular complexity index is 398. The summed E-state index contributed by atoms with van der Waals surface area (Å²) in [6.45, 7) is 1.67. The molecule has 0 amide bonds. The molecule has 1 nitrogen and oxygen atoms in total. The van der Waals surface area contributed by atoms with Crippen molar-refractivity contribution in [1.29, 1.82) is 0 Å². The van der Waals surface area contributed by atoms with Crippen molar-refractivity contribution in [1.82, 2.24) is 5.32 Å². The van der Waals surface area contributed by atoms with E-state index in [0.717, 1.165) is 12.1 Å². The second-order valence-electron chi connectivity index (χ2n) is 5.33. The number of hydrogen-bond acceptors (Lipinski definition) is 2. The van der Waals surface area contributed by atoms with E-state index in [1.165, 1.54) is 38.2 Å². The van der Waals surface area contributed by atoms with Crippen molar-refractivity contribution >= 4 is 23.4 Å². The Morgan fingerprint density at radius 1 is 1.26 bits per heavy atom. The van der Waals surface area contributed by atoms with Crippen LogP contribution in [0.5, 0.6) is 0 Å². The SMILES string of the molecule is CSC1(CNCc2cc(F)cc(Cl)c2)CCCCC1. The Labute approximate surface area is 124 Å². The average molecular weight is 302 g/mol. The first-order chi connectivity index (χ1) is 9.13. The van der Waals surface area contributed by atoms with Gasteiger partial charge in [-0.05, 0) is 42.9 Å². The summed E-state index contributed by atoms with van der Waals surface area (Å²) < 4.78 is 13.6. The Hall–Kier alpha value is -0.250. The van der Waals surface area contributed by atoms with Gasteiger partial charge in [-0.15, -0.1) is 0 Å². The lowest BCUT2D eigenvalue weighted by Gasteiger charge is -2.36. The number of hydrogen-bond donors (Lipinski definition) is 1. The van der Waals surface area contributed by atoms with Crippen LogP contribution >= 0.6 is 23.4 Å². The lowest BCUT2D eigenvalue weighted by molar-refractivity contribution is 0.379. The molecule has 0 atom stereocenters. The lowest BCUT2D eigenvalue weighted by Crippen LogP contribution is -2.39. The van der Waals surface area contributed by atoms with Crippen molar-refractivity contribution in [3.8, 4) is 0 Å². The molecule has 0 heterocycles. The van der Waals surface area contributed by atoms with E-state index in [1.807, 2.05) is 17.8 Å². The lowest BCUT2D eigenvalue weighted by atomic mass is 9.88. The van der Waals surface area contributed by atoms with Crippen LogP contribution in [-0.4, -0.2) is 17.5 Å². The fraction of sp³-hybridized carbons (Fsp3) is 0.600. The summed E-state index contributed by atoms with van der Waals surface area (Å²) in [5, 5.41) is 3.94. The minimum atomic E-state index is -0.262. The maximum Gasteiger partial charge on any atom is 0.125 e. The molecule has 1 N–H and O–H groups in total. The normalized spacial score (nSPS) is 18.5. The van der Waals surface area contributed by atoms with Gasteiger partial charge in [0.2, 0.25) is 0 Å². The molecule has 0 saturated heterocycles. The monoisotopic (exact) mass is 301 g/mol. The standard InChI is InChI=1S/C15H21ClFNS/c1-19-15(5-3-2-4-6-15)11-18-10-12-7-13(16)9-14(17)8-12/h7-9,18H,2-6,10-11H2,1H3. The smallest absolute Gasteiger partial charge is 0.125 e. The molecule has 1 aromatic rings. The molecule has 4 heteroatoms. The molecule has 19 heavy (non-hydrogen) atoms. The third kappa shape index (κ3) is 4.37. The molecule has 1 aliphatic carbocycles. The van der Waals surface area contributed by atoms with Crippen molar-refractivity contribution in [2.75, 3.05) is 12.8 Å². The largest absolute Gasteiger partial charge is 0.311 e. The zero-order valence-corrected chi connectivity index (χ0v) is 12.9. The van der Waals surface area contributed by atoms with Crippen molar-refractivity contribution in [3.05, 3.63) is 34.6 Å². The fourth-order valence-corrected chi connectivity index (χ4v) is 3.98. The summed E-state index contributed by atoms with van der Waals surface area (Å²) in [5.41, 5.74) is 0.914. The van der Waals surface area contributed by atoms with Crippen molar-refractivity contribution < 1.29 is 4.39 Å². The Kier molecular flexibility index (Phi) is 5.55. The summed E-state index contributed by atoms with van der Waals surface area (Å²) in [5.74, 6) is -0.262. The summed E-state index contributed by atoms with van der Waals surface area (Å²) in [4.78, 5) is 0. The quantitative estimate of drug-likeness (QED) is 0.850. The van der Waals surface area contributed by atoms with Crippen LogP contribution in [0.1, 0.15) is 37.7 Å². The second kappa shape index (κ2) is 6.96. The molecule has 1 fully saturated rings. The minimum Gasteiger partial charge on any atom is -0.311 e. The molecular formula is C15H21ClFNS. The maximum absolute atomic E-state index is 13.2. The summed E-state index contributed by atoms with van der Waals surface area (Å²) in [6.07, 6.45) is 8.78. The van der Waals surface area contributed by atoms with Crippen LogP contribution in [0, 0.1) is 5.82 Å². The van der Waals surface area contributed by atoms with Crippen LogP contribution in [0.3, 0.4) is 0 Å². The molecular weight excluding hydrogens is 281 g/mol. The highest BCUT2D eigenvalue weighted by molar-refractivity contribution is 8.00. The van der Waals surface area contributed by atoms with Crippen molar-refractivity contribution in [2.45, 2.75) is 43.4 Å².